The number of amides is 2. The Morgan fingerprint density at radius 3 is 2.67 bits per heavy atom. The summed E-state index contributed by atoms with van der Waals surface area (Å²) in [5.41, 5.74) is -0.0912. The van der Waals surface area contributed by atoms with Crippen LogP contribution < -0.4 is 0 Å². The van der Waals surface area contributed by atoms with Gasteiger partial charge in [-0.3, -0.25) is 14.5 Å². The number of aliphatic hydroxyl groups is 1. The van der Waals surface area contributed by atoms with Crippen molar-refractivity contribution in [2.24, 2.45) is 11.8 Å². The standard InChI is InChI=1S/C16H15NO4/c18-9-16-7-6-11(21-16)12-13(16)15(20)17(14(12)19)8-10-4-2-1-3-5-10/h1-7,11-13,18H,8-9H2. The number of fused-ring (bicyclic) bond motifs is 5. The molecule has 2 bridgehead atoms. The topological polar surface area (TPSA) is 66.8 Å². The summed E-state index contributed by atoms with van der Waals surface area (Å²) in [4.78, 5) is 26.5. The summed E-state index contributed by atoms with van der Waals surface area (Å²) < 4.78 is 5.69. The molecule has 0 saturated carbocycles. The van der Waals surface area contributed by atoms with Gasteiger partial charge >= 0.3 is 0 Å². The normalized spacial score (nSPS) is 36.6. The molecule has 3 heterocycles. The molecule has 108 valence electrons. The third-order valence-corrected chi connectivity index (χ3v) is 4.68. The number of aliphatic hydroxyl groups excluding tert-OH is 1. The average Bonchev–Trinajstić information content (AvgIpc) is 3.15. The number of ether oxygens (including phenoxy) is 1. The van der Waals surface area contributed by atoms with E-state index in [0.29, 0.717) is 0 Å². The second-order valence-electron chi connectivity index (χ2n) is 5.81. The first-order valence-electron chi connectivity index (χ1n) is 7.03. The van der Waals surface area contributed by atoms with Crippen molar-refractivity contribution in [1.82, 2.24) is 4.90 Å². The number of carbonyl (C=O) groups excluding carboxylic acids is 2. The molecule has 3 aliphatic rings. The third kappa shape index (κ3) is 1.58. The second-order valence-corrected chi connectivity index (χ2v) is 5.81. The Balaban J connectivity index is 1.66. The Hall–Kier alpha value is -1.98. The van der Waals surface area contributed by atoms with Crippen LogP contribution in [0.5, 0.6) is 0 Å². The molecule has 5 heteroatoms. The number of rotatable bonds is 3. The maximum absolute atomic E-state index is 12.6. The largest absolute Gasteiger partial charge is 0.393 e. The monoisotopic (exact) mass is 285 g/mol. The lowest BCUT2D eigenvalue weighted by Gasteiger charge is -2.26. The molecule has 21 heavy (non-hydrogen) atoms. The van der Waals surface area contributed by atoms with Gasteiger partial charge < -0.3 is 9.84 Å². The van der Waals surface area contributed by atoms with Gasteiger partial charge in [0.2, 0.25) is 11.8 Å². The summed E-state index contributed by atoms with van der Waals surface area (Å²) in [5, 5.41) is 9.61. The summed E-state index contributed by atoms with van der Waals surface area (Å²) >= 11 is 0. The SMILES string of the molecule is O=C1C2C3C=CC(CO)(O3)C2C(=O)N1Cc1ccccc1. The molecular weight excluding hydrogens is 270 g/mol. The molecular formula is C16H15NO4. The van der Waals surface area contributed by atoms with Gasteiger partial charge in [0.1, 0.15) is 5.60 Å². The molecule has 0 radical (unpaired) electrons. The molecule has 1 aromatic rings. The maximum Gasteiger partial charge on any atom is 0.236 e. The zero-order valence-electron chi connectivity index (χ0n) is 11.3. The Kier molecular flexibility index (Phi) is 2.58. The van der Waals surface area contributed by atoms with Crippen molar-refractivity contribution in [3.63, 3.8) is 0 Å². The summed E-state index contributed by atoms with van der Waals surface area (Å²) in [6, 6.07) is 9.43. The van der Waals surface area contributed by atoms with Crippen LogP contribution >= 0.6 is 0 Å². The lowest BCUT2D eigenvalue weighted by molar-refractivity contribution is -0.146. The number of hydrogen-bond acceptors (Lipinski definition) is 4. The lowest BCUT2D eigenvalue weighted by Crippen LogP contribution is -2.43. The average molecular weight is 285 g/mol. The van der Waals surface area contributed by atoms with E-state index in [0.717, 1.165) is 5.56 Å². The Bertz CT molecular complexity index is 641. The molecule has 4 atom stereocenters. The van der Waals surface area contributed by atoms with Crippen molar-refractivity contribution in [1.29, 1.82) is 0 Å². The maximum atomic E-state index is 12.6. The predicted molar refractivity (Wildman–Crippen MR) is 72.8 cm³/mol. The quantitative estimate of drug-likeness (QED) is 0.648. The van der Waals surface area contributed by atoms with Crippen LogP contribution in [0.3, 0.4) is 0 Å². The highest BCUT2D eigenvalue weighted by Crippen LogP contribution is 2.51. The van der Waals surface area contributed by atoms with Gasteiger partial charge in [0.25, 0.3) is 0 Å². The van der Waals surface area contributed by atoms with Crippen molar-refractivity contribution in [2.75, 3.05) is 6.61 Å². The lowest BCUT2D eigenvalue weighted by atomic mass is 9.77. The first kappa shape index (κ1) is 12.7. The van der Waals surface area contributed by atoms with Gasteiger partial charge in [0.05, 0.1) is 31.1 Å². The number of carbonyl (C=O) groups is 2. The molecule has 2 fully saturated rings. The van der Waals surface area contributed by atoms with Crippen LogP contribution in [-0.2, 0) is 20.9 Å². The summed E-state index contributed by atoms with van der Waals surface area (Å²) in [6.45, 7) is -0.000894. The van der Waals surface area contributed by atoms with Gasteiger partial charge in [-0.25, -0.2) is 0 Å². The van der Waals surface area contributed by atoms with Crippen molar-refractivity contribution in [2.45, 2.75) is 18.2 Å². The van der Waals surface area contributed by atoms with Crippen molar-refractivity contribution in [3.05, 3.63) is 48.0 Å². The minimum Gasteiger partial charge on any atom is -0.393 e. The summed E-state index contributed by atoms with van der Waals surface area (Å²) in [6.07, 6.45) is 3.13. The van der Waals surface area contributed by atoms with E-state index in [4.69, 9.17) is 4.74 Å². The molecule has 0 aliphatic carbocycles. The van der Waals surface area contributed by atoms with Crippen molar-refractivity contribution < 1.29 is 19.4 Å². The molecule has 4 unspecified atom stereocenters. The van der Waals surface area contributed by atoms with Crippen LogP contribution in [0, 0.1) is 11.8 Å². The fraction of sp³-hybridized carbons (Fsp3) is 0.375. The van der Waals surface area contributed by atoms with Crippen LogP contribution in [0.25, 0.3) is 0 Å². The van der Waals surface area contributed by atoms with E-state index >= 15 is 0 Å². The molecule has 1 aromatic carbocycles. The fourth-order valence-corrected chi connectivity index (χ4v) is 3.67. The highest BCUT2D eigenvalue weighted by atomic mass is 16.5. The second kappa shape index (κ2) is 4.26. The molecule has 1 N–H and O–H groups in total. The van der Waals surface area contributed by atoms with E-state index in [9.17, 15) is 14.7 Å². The Labute approximate surface area is 121 Å². The van der Waals surface area contributed by atoms with E-state index in [1.807, 2.05) is 30.3 Å². The summed E-state index contributed by atoms with van der Waals surface area (Å²) in [7, 11) is 0. The predicted octanol–water partition coefficient (Wildman–Crippen LogP) is 0.487. The third-order valence-electron chi connectivity index (χ3n) is 4.68. The van der Waals surface area contributed by atoms with Crippen molar-refractivity contribution >= 4 is 11.8 Å². The zero-order valence-corrected chi connectivity index (χ0v) is 11.3. The van der Waals surface area contributed by atoms with Gasteiger partial charge in [-0.2, -0.15) is 0 Å². The highest BCUT2D eigenvalue weighted by Gasteiger charge is 2.67. The van der Waals surface area contributed by atoms with Gasteiger partial charge in [0.15, 0.2) is 0 Å². The smallest absolute Gasteiger partial charge is 0.236 e. The minimum absolute atomic E-state index is 0.196. The minimum atomic E-state index is -1.01. The molecule has 5 nitrogen and oxygen atoms in total. The first-order chi connectivity index (χ1) is 10.2. The van der Waals surface area contributed by atoms with E-state index in [-0.39, 0.29) is 31.1 Å². The number of benzene rings is 1. The number of likely N-dealkylation sites (tertiary alicyclic amines) is 1. The van der Waals surface area contributed by atoms with Crippen LogP contribution in [-0.4, -0.2) is 40.1 Å². The van der Waals surface area contributed by atoms with E-state index in [1.165, 1.54) is 4.90 Å². The van der Waals surface area contributed by atoms with Gasteiger partial charge in [-0.15, -0.1) is 0 Å². The van der Waals surface area contributed by atoms with Crippen LogP contribution in [0.15, 0.2) is 42.5 Å². The molecule has 0 spiro atoms. The van der Waals surface area contributed by atoms with Crippen molar-refractivity contribution in [3.8, 4) is 0 Å². The number of imide groups is 1. The number of nitrogens with zero attached hydrogens (tertiary/aromatic N) is 1. The van der Waals surface area contributed by atoms with Crippen LogP contribution in [0.4, 0.5) is 0 Å². The van der Waals surface area contributed by atoms with E-state index in [1.54, 1.807) is 12.2 Å². The Morgan fingerprint density at radius 2 is 1.95 bits per heavy atom. The molecule has 2 saturated heterocycles. The van der Waals surface area contributed by atoms with E-state index in [2.05, 4.69) is 0 Å². The van der Waals surface area contributed by atoms with E-state index < -0.39 is 17.4 Å². The fourth-order valence-electron chi connectivity index (χ4n) is 3.67. The number of hydrogen-bond donors (Lipinski definition) is 1. The molecule has 3 aliphatic heterocycles. The zero-order chi connectivity index (χ0) is 14.6. The van der Waals surface area contributed by atoms with Crippen LogP contribution in [0.1, 0.15) is 5.56 Å². The highest BCUT2D eigenvalue weighted by molar-refractivity contribution is 6.07. The van der Waals surface area contributed by atoms with Gasteiger partial charge in [-0.05, 0) is 5.56 Å². The first-order valence-corrected chi connectivity index (χ1v) is 7.03. The molecule has 2 amide bonds. The Morgan fingerprint density at radius 1 is 1.19 bits per heavy atom. The summed E-state index contributed by atoms with van der Waals surface area (Å²) in [5.74, 6) is -1.51. The molecule has 0 aromatic heterocycles. The molecule has 4 rings (SSSR count). The van der Waals surface area contributed by atoms with Gasteiger partial charge in [-0.1, -0.05) is 42.5 Å². The van der Waals surface area contributed by atoms with Crippen LogP contribution in [0.2, 0.25) is 0 Å². The van der Waals surface area contributed by atoms with Gasteiger partial charge in [0, 0.05) is 0 Å².